The number of carbonyl (C=O) groups excluding carboxylic acids is 1. The fourth-order valence-electron chi connectivity index (χ4n) is 2.57. The molecule has 0 aliphatic heterocycles. The number of aryl methyl sites for hydroxylation is 2. The van der Waals surface area contributed by atoms with Gasteiger partial charge in [0.2, 0.25) is 0 Å². The number of nitrogens with one attached hydrogen (secondary N) is 1. The lowest BCUT2D eigenvalue weighted by atomic mass is 10.1. The van der Waals surface area contributed by atoms with E-state index < -0.39 is 0 Å². The van der Waals surface area contributed by atoms with E-state index in [1.54, 1.807) is 29.5 Å². The van der Waals surface area contributed by atoms with Crippen molar-refractivity contribution in [2.45, 2.75) is 32.1 Å². The van der Waals surface area contributed by atoms with E-state index in [-0.39, 0.29) is 11.7 Å². The highest BCUT2D eigenvalue weighted by Crippen LogP contribution is 2.28. The lowest BCUT2D eigenvalue weighted by Crippen LogP contribution is -2.16. The summed E-state index contributed by atoms with van der Waals surface area (Å²) in [6.07, 6.45) is 7.08. The standard InChI is InChI=1S/C17H17FN2OS/c18-14-8-5-4-7-13(14)11-19-20-17(21)16-10-12-6-2-1-3-9-15(12)22-16/h4-5,7-8,10-11H,1-3,6,9H2,(H,20,21)/b19-11-. The molecular weight excluding hydrogens is 299 g/mol. The molecule has 0 saturated heterocycles. The summed E-state index contributed by atoms with van der Waals surface area (Å²) in [5.41, 5.74) is 4.12. The molecule has 0 bridgehead atoms. The first-order valence-corrected chi connectivity index (χ1v) is 8.25. The maximum atomic E-state index is 13.4. The molecule has 1 N–H and O–H groups in total. The van der Waals surface area contributed by atoms with E-state index in [2.05, 4.69) is 10.5 Å². The first kappa shape index (κ1) is 14.9. The molecule has 0 radical (unpaired) electrons. The van der Waals surface area contributed by atoms with E-state index in [9.17, 15) is 9.18 Å². The molecule has 0 atom stereocenters. The number of hydrazone groups is 1. The third-order valence-electron chi connectivity index (χ3n) is 3.75. The summed E-state index contributed by atoms with van der Waals surface area (Å²) in [6.45, 7) is 0. The number of nitrogens with zero attached hydrogens (tertiary/aromatic N) is 1. The minimum atomic E-state index is -0.358. The fraction of sp³-hybridized carbons (Fsp3) is 0.294. The van der Waals surface area contributed by atoms with Crippen LogP contribution in [0.1, 0.15) is 44.9 Å². The van der Waals surface area contributed by atoms with Gasteiger partial charge in [-0.05, 0) is 43.4 Å². The minimum absolute atomic E-state index is 0.231. The van der Waals surface area contributed by atoms with Gasteiger partial charge < -0.3 is 0 Å². The van der Waals surface area contributed by atoms with Crippen LogP contribution in [0.15, 0.2) is 35.4 Å². The van der Waals surface area contributed by atoms with Gasteiger partial charge in [0, 0.05) is 10.4 Å². The molecule has 0 spiro atoms. The predicted octanol–water partition coefficient (Wildman–Crippen LogP) is 3.92. The number of hydrogen-bond acceptors (Lipinski definition) is 3. The van der Waals surface area contributed by atoms with Crippen LogP contribution in [0.3, 0.4) is 0 Å². The largest absolute Gasteiger partial charge is 0.281 e. The van der Waals surface area contributed by atoms with E-state index in [0.717, 1.165) is 12.8 Å². The number of rotatable bonds is 3. The average molecular weight is 316 g/mol. The van der Waals surface area contributed by atoms with Crippen molar-refractivity contribution in [2.75, 3.05) is 0 Å². The summed E-state index contributed by atoms with van der Waals surface area (Å²) in [7, 11) is 0. The molecule has 0 unspecified atom stereocenters. The summed E-state index contributed by atoms with van der Waals surface area (Å²) in [5, 5.41) is 3.85. The zero-order chi connectivity index (χ0) is 15.4. The van der Waals surface area contributed by atoms with Crippen LogP contribution in [0.4, 0.5) is 4.39 Å². The Morgan fingerprint density at radius 2 is 2.05 bits per heavy atom. The lowest BCUT2D eigenvalue weighted by molar-refractivity contribution is 0.0959. The van der Waals surface area contributed by atoms with Crippen LogP contribution in [0, 0.1) is 5.82 Å². The second-order valence-electron chi connectivity index (χ2n) is 5.34. The number of hydrogen-bond donors (Lipinski definition) is 1. The molecule has 1 aromatic heterocycles. The van der Waals surface area contributed by atoms with Crippen LogP contribution in [0.5, 0.6) is 0 Å². The van der Waals surface area contributed by atoms with Crippen molar-refractivity contribution in [3.63, 3.8) is 0 Å². The van der Waals surface area contributed by atoms with Crippen molar-refractivity contribution in [3.05, 3.63) is 57.0 Å². The van der Waals surface area contributed by atoms with Crippen molar-refractivity contribution in [1.29, 1.82) is 0 Å². The van der Waals surface area contributed by atoms with Gasteiger partial charge in [-0.1, -0.05) is 24.6 Å². The molecule has 1 heterocycles. The Balaban J connectivity index is 1.66. The molecule has 3 nitrogen and oxygen atoms in total. The van der Waals surface area contributed by atoms with Crippen LogP contribution < -0.4 is 5.43 Å². The normalized spacial score (nSPS) is 14.6. The molecule has 0 fully saturated rings. The van der Waals surface area contributed by atoms with Gasteiger partial charge in [-0.3, -0.25) is 4.79 Å². The summed E-state index contributed by atoms with van der Waals surface area (Å²) < 4.78 is 13.4. The molecule has 1 aliphatic carbocycles. The molecule has 1 aromatic carbocycles. The molecule has 5 heteroatoms. The molecule has 2 aromatic rings. The van der Waals surface area contributed by atoms with Crippen molar-refractivity contribution >= 4 is 23.5 Å². The third kappa shape index (κ3) is 3.42. The van der Waals surface area contributed by atoms with Gasteiger partial charge in [0.1, 0.15) is 5.82 Å². The predicted molar refractivity (Wildman–Crippen MR) is 87.0 cm³/mol. The van der Waals surface area contributed by atoms with Crippen molar-refractivity contribution < 1.29 is 9.18 Å². The Hall–Kier alpha value is -2.01. The van der Waals surface area contributed by atoms with Crippen molar-refractivity contribution in [2.24, 2.45) is 5.10 Å². The fourth-order valence-corrected chi connectivity index (χ4v) is 3.72. The SMILES string of the molecule is O=C(N/N=C\c1ccccc1F)c1cc2c(s1)CCCCC2. The van der Waals surface area contributed by atoms with Crippen molar-refractivity contribution in [3.8, 4) is 0 Å². The molecule has 114 valence electrons. The summed E-state index contributed by atoms with van der Waals surface area (Å²) in [6, 6.07) is 8.28. The smallest absolute Gasteiger partial charge is 0.266 e. The van der Waals surface area contributed by atoms with Gasteiger partial charge in [0.15, 0.2) is 0 Å². The maximum absolute atomic E-state index is 13.4. The lowest BCUT2D eigenvalue weighted by Gasteiger charge is -1.97. The van der Waals surface area contributed by atoms with E-state index in [0.29, 0.717) is 10.4 Å². The van der Waals surface area contributed by atoms with Crippen LogP contribution in [0.2, 0.25) is 0 Å². The van der Waals surface area contributed by atoms with Crippen LogP contribution in [-0.4, -0.2) is 12.1 Å². The Morgan fingerprint density at radius 1 is 1.23 bits per heavy atom. The monoisotopic (exact) mass is 316 g/mol. The molecule has 1 aliphatic rings. The van der Waals surface area contributed by atoms with Crippen LogP contribution in [-0.2, 0) is 12.8 Å². The molecule has 1 amide bonds. The van der Waals surface area contributed by atoms with Crippen LogP contribution >= 0.6 is 11.3 Å². The van der Waals surface area contributed by atoms with Gasteiger partial charge >= 0.3 is 0 Å². The number of fused-ring (bicyclic) bond motifs is 1. The summed E-state index contributed by atoms with van der Waals surface area (Å²) >= 11 is 1.55. The van der Waals surface area contributed by atoms with E-state index in [4.69, 9.17) is 0 Å². The second kappa shape index (κ2) is 6.83. The Kier molecular flexibility index (Phi) is 4.63. The number of thiophene rings is 1. The first-order chi connectivity index (χ1) is 10.7. The number of carbonyl (C=O) groups is 1. The highest BCUT2D eigenvalue weighted by atomic mass is 32.1. The minimum Gasteiger partial charge on any atom is -0.266 e. The Bertz CT molecular complexity index is 685. The van der Waals surface area contributed by atoms with Gasteiger partial charge in [0.25, 0.3) is 5.91 Å². The molecule has 22 heavy (non-hydrogen) atoms. The zero-order valence-electron chi connectivity index (χ0n) is 12.1. The second-order valence-corrected chi connectivity index (χ2v) is 6.48. The topological polar surface area (TPSA) is 41.5 Å². The number of halogens is 1. The van der Waals surface area contributed by atoms with Crippen molar-refractivity contribution in [1.82, 2.24) is 5.43 Å². The van der Waals surface area contributed by atoms with Gasteiger partial charge in [-0.15, -0.1) is 11.3 Å². The summed E-state index contributed by atoms with van der Waals surface area (Å²) in [4.78, 5) is 14.1. The molecular formula is C17H17FN2OS. The van der Waals surface area contributed by atoms with E-state index in [1.807, 2.05) is 6.07 Å². The summed E-state index contributed by atoms with van der Waals surface area (Å²) in [5.74, 6) is -0.589. The zero-order valence-corrected chi connectivity index (χ0v) is 13.0. The Morgan fingerprint density at radius 3 is 2.91 bits per heavy atom. The van der Waals surface area contributed by atoms with Gasteiger partial charge in [0.05, 0.1) is 11.1 Å². The first-order valence-electron chi connectivity index (χ1n) is 7.43. The maximum Gasteiger partial charge on any atom is 0.281 e. The highest BCUT2D eigenvalue weighted by Gasteiger charge is 2.16. The van der Waals surface area contributed by atoms with Crippen LogP contribution in [0.25, 0.3) is 0 Å². The average Bonchev–Trinajstić information content (AvgIpc) is 2.80. The quantitative estimate of drug-likeness (QED) is 0.520. The third-order valence-corrected chi connectivity index (χ3v) is 4.98. The molecule has 0 saturated carbocycles. The number of amides is 1. The van der Waals surface area contributed by atoms with Gasteiger partial charge in [-0.2, -0.15) is 5.10 Å². The Labute approximate surface area is 132 Å². The van der Waals surface area contributed by atoms with Gasteiger partial charge in [-0.25, -0.2) is 9.82 Å². The van der Waals surface area contributed by atoms with E-state index in [1.165, 1.54) is 42.0 Å². The molecule has 3 rings (SSSR count). The number of benzene rings is 1. The highest BCUT2D eigenvalue weighted by molar-refractivity contribution is 7.14. The van der Waals surface area contributed by atoms with E-state index >= 15 is 0 Å².